The average molecular weight is 294 g/mol. The summed E-state index contributed by atoms with van der Waals surface area (Å²) in [6.45, 7) is 0. The molecule has 1 heterocycles. The van der Waals surface area contributed by atoms with Crippen LogP contribution in [-0.2, 0) is 0 Å². The lowest BCUT2D eigenvalue weighted by Gasteiger charge is -2.06. The van der Waals surface area contributed by atoms with Gasteiger partial charge in [0.15, 0.2) is 28.4 Å². The molecule has 0 amide bonds. The van der Waals surface area contributed by atoms with Gasteiger partial charge in [0.05, 0.1) is 4.90 Å². The molecule has 10 heteroatoms. The first-order valence-corrected chi connectivity index (χ1v) is 5.37. The SMILES string of the molecule is Nc1ncnc(Sc2c(F)c(F)c(F)c(F)c2F)n1. The normalized spacial score (nSPS) is 10.8. The molecule has 1 aromatic heterocycles. The molecule has 0 radical (unpaired) electrons. The predicted molar refractivity (Wildman–Crippen MR) is 54.6 cm³/mol. The molecule has 19 heavy (non-hydrogen) atoms. The van der Waals surface area contributed by atoms with Crippen molar-refractivity contribution < 1.29 is 22.0 Å². The van der Waals surface area contributed by atoms with Crippen LogP contribution in [0.25, 0.3) is 0 Å². The van der Waals surface area contributed by atoms with E-state index in [2.05, 4.69) is 15.0 Å². The van der Waals surface area contributed by atoms with E-state index >= 15 is 0 Å². The van der Waals surface area contributed by atoms with E-state index in [0.29, 0.717) is 0 Å². The minimum absolute atomic E-state index is 0.153. The molecule has 0 saturated heterocycles. The maximum absolute atomic E-state index is 13.3. The highest BCUT2D eigenvalue weighted by molar-refractivity contribution is 7.99. The monoisotopic (exact) mass is 294 g/mol. The molecule has 0 aliphatic carbocycles. The van der Waals surface area contributed by atoms with Gasteiger partial charge in [-0.25, -0.2) is 31.9 Å². The second kappa shape index (κ2) is 4.96. The van der Waals surface area contributed by atoms with E-state index < -0.39 is 34.0 Å². The van der Waals surface area contributed by atoms with Crippen molar-refractivity contribution in [2.24, 2.45) is 0 Å². The second-order valence-corrected chi connectivity index (χ2v) is 4.10. The molecular formula is C9H3F5N4S. The van der Waals surface area contributed by atoms with Gasteiger partial charge in [0.25, 0.3) is 0 Å². The standard InChI is InChI=1S/C9H3F5N4S/c10-2-3(11)5(13)7(6(14)4(2)12)19-9-17-1-16-8(15)18-9/h1H,(H2,15,16,17,18). The minimum Gasteiger partial charge on any atom is -0.368 e. The van der Waals surface area contributed by atoms with Gasteiger partial charge in [-0.3, -0.25) is 0 Å². The zero-order valence-electron chi connectivity index (χ0n) is 8.79. The second-order valence-electron chi connectivity index (χ2n) is 3.13. The van der Waals surface area contributed by atoms with Crippen LogP contribution in [0.5, 0.6) is 0 Å². The Bertz CT molecular complexity index is 622. The van der Waals surface area contributed by atoms with Crippen molar-refractivity contribution in [1.82, 2.24) is 15.0 Å². The van der Waals surface area contributed by atoms with Gasteiger partial charge in [0.2, 0.25) is 11.8 Å². The first-order valence-electron chi connectivity index (χ1n) is 4.55. The number of hydrogen-bond acceptors (Lipinski definition) is 5. The van der Waals surface area contributed by atoms with Crippen molar-refractivity contribution >= 4 is 17.7 Å². The molecule has 2 rings (SSSR count). The topological polar surface area (TPSA) is 64.7 Å². The highest BCUT2D eigenvalue weighted by Gasteiger charge is 2.26. The van der Waals surface area contributed by atoms with E-state index in [9.17, 15) is 22.0 Å². The fraction of sp³-hybridized carbons (Fsp3) is 0. The number of hydrogen-bond donors (Lipinski definition) is 1. The summed E-state index contributed by atoms with van der Waals surface area (Å²) in [6, 6.07) is 0. The molecule has 0 spiro atoms. The lowest BCUT2D eigenvalue weighted by molar-refractivity contribution is 0.360. The maximum Gasteiger partial charge on any atom is 0.223 e. The lowest BCUT2D eigenvalue weighted by atomic mass is 10.3. The van der Waals surface area contributed by atoms with Crippen LogP contribution in [0.3, 0.4) is 0 Å². The van der Waals surface area contributed by atoms with Crippen molar-refractivity contribution in [3.63, 3.8) is 0 Å². The molecule has 1 aromatic carbocycles. The molecule has 0 aliphatic rings. The first kappa shape index (κ1) is 13.5. The summed E-state index contributed by atoms with van der Waals surface area (Å²) < 4.78 is 65.4. The largest absolute Gasteiger partial charge is 0.368 e. The van der Waals surface area contributed by atoms with Crippen molar-refractivity contribution in [1.29, 1.82) is 0 Å². The molecule has 4 nitrogen and oxygen atoms in total. The van der Waals surface area contributed by atoms with Crippen molar-refractivity contribution in [2.75, 3.05) is 5.73 Å². The van der Waals surface area contributed by atoms with E-state index in [4.69, 9.17) is 5.73 Å². The lowest BCUT2D eigenvalue weighted by Crippen LogP contribution is -2.04. The molecule has 100 valence electrons. The van der Waals surface area contributed by atoms with E-state index in [1.54, 1.807) is 0 Å². The molecule has 0 saturated carbocycles. The Kier molecular flexibility index (Phi) is 3.51. The van der Waals surface area contributed by atoms with Crippen LogP contribution in [0.2, 0.25) is 0 Å². The van der Waals surface area contributed by atoms with Gasteiger partial charge >= 0.3 is 0 Å². The zero-order chi connectivity index (χ0) is 14.2. The molecule has 2 aromatic rings. The third-order valence-electron chi connectivity index (χ3n) is 1.93. The van der Waals surface area contributed by atoms with Crippen LogP contribution in [0.1, 0.15) is 0 Å². The van der Waals surface area contributed by atoms with Crippen LogP contribution in [-0.4, -0.2) is 15.0 Å². The van der Waals surface area contributed by atoms with Crippen LogP contribution < -0.4 is 5.73 Å². The minimum atomic E-state index is -2.23. The van der Waals surface area contributed by atoms with E-state index in [1.165, 1.54) is 0 Å². The fourth-order valence-electron chi connectivity index (χ4n) is 1.11. The number of benzene rings is 1. The van der Waals surface area contributed by atoms with Gasteiger partial charge in [0, 0.05) is 0 Å². The van der Waals surface area contributed by atoms with Gasteiger partial charge < -0.3 is 5.73 Å². The number of rotatable bonds is 2. The van der Waals surface area contributed by atoms with Crippen LogP contribution in [0.4, 0.5) is 27.9 Å². The number of halogens is 5. The quantitative estimate of drug-likeness (QED) is 0.523. The maximum atomic E-state index is 13.3. The Morgan fingerprint density at radius 1 is 0.842 bits per heavy atom. The number of nitrogens with zero attached hydrogens (tertiary/aromatic N) is 3. The molecule has 0 aliphatic heterocycles. The van der Waals surface area contributed by atoms with Gasteiger partial charge in [0.1, 0.15) is 6.33 Å². The Morgan fingerprint density at radius 2 is 1.37 bits per heavy atom. The number of aromatic nitrogens is 3. The smallest absolute Gasteiger partial charge is 0.223 e. The Hall–Kier alpha value is -1.97. The van der Waals surface area contributed by atoms with Crippen molar-refractivity contribution in [2.45, 2.75) is 10.1 Å². The Balaban J connectivity index is 2.52. The summed E-state index contributed by atoms with van der Waals surface area (Å²) >= 11 is 0.153. The molecule has 0 atom stereocenters. The molecular weight excluding hydrogens is 291 g/mol. The predicted octanol–water partition coefficient (Wildman–Crippen LogP) is 2.30. The van der Waals surface area contributed by atoms with Gasteiger partial charge in [-0.2, -0.15) is 4.98 Å². The molecule has 2 N–H and O–H groups in total. The number of nitrogens with two attached hydrogens (primary N) is 1. The molecule has 0 unspecified atom stereocenters. The van der Waals surface area contributed by atoms with E-state index in [-0.39, 0.29) is 22.9 Å². The highest BCUT2D eigenvalue weighted by Crippen LogP contribution is 2.33. The summed E-state index contributed by atoms with van der Waals surface area (Å²) in [5.74, 6) is -10.5. The summed E-state index contributed by atoms with van der Waals surface area (Å²) in [4.78, 5) is 9.28. The summed E-state index contributed by atoms with van der Waals surface area (Å²) in [7, 11) is 0. The third-order valence-corrected chi connectivity index (χ3v) is 2.87. The zero-order valence-corrected chi connectivity index (χ0v) is 9.61. The Morgan fingerprint density at radius 3 is 1.89 bits per heavy atom. The van der Waals surface area contributed by atoms with Gasteiger partial charge in [-0.15, -0.1) is 0 Å². The van der Waals surface area contributed by atoms with Crippen LogP contribution in [0.15, 0.2) is 16.4 Å². The van der Waals surface area contributed by atoms with Gasteiger partial charge in [-0.1, -0.05) is 0 Å². The van der Waals surface area contributed by atoms with Gasteiger partial charge in [-0.05, 0) is 11.8 Å². The fourth-order valence-corrected chi connectivity index (χ4v) is 1.89. The summed E-state index contributed by atoms with van der Waals surface area (Å²) in [5, 5.41) is -0.296. The molecule has 0 fully saturated rings. The van der Waals surface area contributed by atoms with Crippen molar-refractivity contribution in [3.8, 4) is 0 Å². The van der Waals surface area contributed by atoms with E-state index in [1.807, 2.05) is 0 Å². The number of nitrogen functional groups attached to an aromatic ring is 1. The van der Waals surface area contributed by atoms with Crippen molar-refractivity contribution in [3.05, 3.63) is 35.4 Å². The summed E-state index contributed by atoms with van der Waals surface area (Å²) in [6.07, 6.45) is 0.941. The Labute approximate surface area is 106 Å². The number of anilines is 1. The van der Waals surface area contributed by atoms with Crippen LogP contribution in [0, 0.1) is 29.1 Å². The third kappa shape index (κ3) is 2.43. The van der Waals surface area contributed by atoms with Crippen LogP contribution >= 0.6 is 11.8 Å². The first-order chi connectivity index (χ1) is 8.91. The van der Waals surface area contributed by atoms with E-state index in [0.717, 1.165) is 6.33 Å². The summed E-state index contributed by atoms with van der Waals surface area (Å²) in [5.41, 5.74) is 5.20. The highest BCUT2D eigenvalue weighted by atomic mass is 32.2. The molecule has 0 bridgehead atoms. The average Bonchev–Trinajstić information content (AvgIpc) is 2.39.